The Morgan fingerprint density at radius 3 is 2.50 bits per heavy atom. The highest BCUT2D eigenvalue weighted by atomic mass is 32.2. The molecular weight excluding hydrogens is 469 g/mol. The number of halogens is 3. The summed E-state index contributed by atoms with van der Waals surface area (Å²) in [7, 11) is 0. The third-order valence-corrected chi connectivity index (χ3v) is 5.44. The predicted molar refractivity (Wildman–Crippen MR) is 122 cm³/mol. The largest absolute Gasteiger partial charge is 0.416 e. The molecule has 0 radical (unpaired) electrons. The summed E-state index contributed by atoms with van der Waals surface area (Å²) in [5.41, 5.74) is 1.43. The number of nitrogens with zero attached hydrogens (tertiary/aromatic N) is 4. The van der Waals surface area contributed by atoms with Gasteiger partial charge in [0.05, 0.1) is 22.5 Å². The molecule has 4 rings (SSSR count). The molecule has 0 amide bonds. The molecule has 12 heteroatoms. The van der Waals surface area contributed by atoms with Gasteiger partial charge in [-0.15, -0.1) is 0 Å². The molecule has 0 spiro atoms. The van der Waals surface area contributed by atoms with Gasteiger partial charge in [-0.1, -0.05) is 6.07 Å². The molecule has 0 fully saturated rings. The van der Waals surface area contributed by atoms with Crippen LogP contribution in [0.15, 0.2) is 66.1 Å². The molecule has 0 aliphatic heterocycles. The van der Waals surface area contributed by atoms with E-state index in [-0.39, 0.29) is 22.2 Å². The molecule has 0 aliphatic carbocycles. The lowest BCUT2D eigenvalue weighted by Gasteiger charge is -2.15. The molecule has 0 bridgehead atoms. The molecule has 2 aromatic heterocycles. The minimum absolute atomic E-state index is 0.0714. The van der Waals surface area contributed by atoms with Gasteiger partial charge in [0.25, 0.3) is 0 Å². The van der Waals surface area contributed by atoms with Crippen molar-refractivity contribution in [3.8, 4) is 5.69 Å². The first-order valence-electron chi connectivity index (χ1n) is 9.90. The monoisotopic (exact) mass is 488 g/mol. The summed E-state index contributed by atoms with van der Waals surface area (Å²) in [6, 6.07) is 9.86. The number of rotatable bonds is 6. The summed E-state index contributed by atoms with van der Waals surface area (Å²) in [6.07, 6.45) is 0.0178. The molecule has 0 aliphatic rings. The van der Waals surface area contributed by atoms with Crippen LogP contribution in [0, 0.1) is 13.8 Å². The molecular formula is C22H19F3N6O2S. The van der Waals surface area contributed by atoms with E-state index in [2.05, 4.69) is 25.6 Å². The van der Waals surface area contributed by atoms with Crippen LogP contribution in [0.4, 0.5) is 36.3 Å². The summed E-state index contributed by atoms with van der Waals surface area (Å²) >= 11 is -2.14. The zero-order chi connectivity index (χ0) is 24.5. The Labute approximate surface area is 195 Å². The molecule has 0 saturated heterocycles. The number of aryl methyl sites for hydroxylation is 2. The van der Waals surface area contributed by atoms with Gasteiger partial charge in [0.15, 0.2) is 11.1 Å². The van der Waals surface area contributed by atoms with Gasteiger partial charge < -0.3 is 19.8 Å². The summed E-state index contributed by atoms with van der Waals surface area (Å²) in [6.45, 7) is 3.50. The van der Waals surface area contributed by atoms with E-state index in [9.17, 15) is 21.9 Å². The standard InChI is InChI=1S/C22H19F3N6O2S/c1-13-10-26-21(30-20(13)28-16-4-3-5-19(9-16)34(32)33)29-17-6-15(22(23,24)25)7-18(8-17)31-11-14(2)27-12-31/h3-12H,1-2H3,(H,32,33)(H2,26,28,29,30). The van der Waals surface area contributed by atoms with Gasteiger partial charge in [-0.05, 0) is 50.2 Å². The Bertz CT molecular complexity index is 1370. The van der Waals surface area contributed by atoms with Crippen molar-refractivity contribution in [1.82, 2.24) is 19.5 Å². The smallest absolute Gasteiger partial charge is 0.340 e. The molecule has 2 heterocycles. The van der Waals surface area contributed by atoms with E-state index in [4.69, 9.17) is 0 Å². The van der Waals surface area contributed by atoms with E-state index >= 15 is 0 Å². The van der Waals surface area contributed by atoms with Gasteiger partial charge in [0, 0.05) is 35.0 Å². The third kappa shape index (κ3) is 5.41. The van der Waals surface area contributed by atoms with Crippen LogP contribution in [-0.2, 0) is 17.3 Å². The molecule has 8 nitrogen and oxygen atoms in total. The minimum atomic E-state index is -4.55. The van der Waals surface area contributed by atoms with Crippen LogP contribution in [0.25, 0.3) is 5.69 Å². The summed E-state index contributed by atoms with van der Waals surface area (Å²) in [4.78, 5) is 12.8. The van der Waals surface area contributed by atoms with Crippen LogP contribution < -0.4 is 10.6 Å². The van der Waals surface area contributed by atoms with Crippen LogP contribution in [0.3, 0.4) is 0 Å². The van der Waals surface area contributed by atoms with Gasteiger partial charge in [-0.2, -0.15) is 18.2 Å². The van der Waals surface area contributed by atoms with Crippen LogP contribution >= 0.6 is 0 Å². The van der Waals surface area contributed by atoms with Crippen LogP contribution in [-0.4, -0.2) is 28.3 Å². The first-order valence-corrected chi connectivity index (χ1v) is 11.0. The van der Waals surface area contributed by atoms with E-state index < -0.39 is 22.8 Å². The fourth-order valence-electron chi connectivity index (χ4n) is 3.14. The van der Waals surface area contributed by atoms with Crippen molar-refractivity contribution in [3.63, 3.8) is 0 Å². The highest BCUT2D eigenvalue weighted by Crippen LogP contribution is 2.34. The maximum Gasteiger partial charge on any atom is 0.416 e. The number of anilines is 4. The number of alkyl halides is 3. The second-order valence-electron chi connectivity index (χ2n) is 7.44. The fourth-order valence-corrected chi connectivity index (χ4v) is 3.56. The number of aromatic nitrogens is 4. The molecule has 4 aromatic rings. The Hall–Kier alpha value is -3.77. The Morgan fingerprint density at radius 1 is 1.03 bits per heavy atom. The van der Waals surface area contributed by atoms with E-state index in [1.54, 1.807) is 32.2 Å². The predicted octanol–water partition coefficient (Wildman–Crippen LogP) is 5.37. The number of benzene rings is 2. The first-order chi connectivity index (χ1) is 16.1. The van der Waals surface area contributed by atoms with E-state index in [0.717, 1.165) is 12.1 Å². The van der Waals surface area contributed by atoms with Crippen molar-refractivity contribution in [2.75, 3.05) is 10.6 Å². The van der Waals surface area contributed by atoms with Crippen molar-refractivity contribution >= 4 is 34.2 Å². The fraction of sp³-hybridized carbons (Fsp3) is 0.136. The van der Waals surface area contributed by atoms with Crippen LogP contribution in [0.5, 0.6) is 0 Å². The second-order valence-corrected chi connectivity index (χ2v) is 8.41. The zero-order valence-corrected chi connectivity index (χ0v) is 18.8. The minimum Gasteiger partial charge on any atom is -0.340 e. The maximum absolute atomic E-state index is 13.5. The molecule has 1 atom stereocenters. The lowest BCUT2D eigenvalue weighted by molar-refractivity contribution is -0.137. The molecule has 0 saturated carbocycles. The Balaban J connectivity index is 1.66. The molecule has 1 unspecified atom stereocenters. The van der Waals surface area contributed by atoms with E-state index in [0.29, 0.717) is 22.8 Å². The summed E-state index contributed by atoms with van der Waals surface area (Å²) in [5.74, 6) is 0.456. The van der Waals surface area contributed by atoms with E-state index in [1.807, 2.05) is 0 Å². The highest BCUT2D eigenvalue weighted by Gasteiger charge is 2.31. The number of hydrogen-bond donors (Lipinski definition) is 3. The van der Waals surface area contributed by atoms with Crippen molar-refractivity contribution in [3.05, 3.63) is 78.0 Å². The zero-order valence-electron chi connectivity index (χ0n) is 18.0. The van der Waals surface area contributed by atoms with Crippen molar-refractivity contribution in [2.24, 2.45) is 0 Å². The normalized spacial score (nSPS) is 12.4. The first kappa shape index (κ1) is 23.4. The van der Waals surface area contributed by atoms with Gasteiger partial charge in [0.1, 0.15) is 5.82 Å². The molecule has 3 N–H and O–H groups in total. The Morgan fingerprint density at radius 2 is 1.82 bits per heavy atom. The van der Waals surface area contributed by atoms with Crippen molar-refractivity contribution in [2.45, 2.75) is 24.9 Å². The second kappa shape index (κ2) is 9.23. The van der Waals surface area contributed by atoms with Crippen molar-refractivity contribution in [1.29, 1.82) is 0 Å². The number of imidazole rings is 1. The molecule has 34 heavy (non-hydrogen) atoms. The molecule has 2 aromatic carbocycles. The van der Waals surface area contributed by atoms with Crippen LogP contribution in [0.2, 0.25) is 0 Å². The Kier molecular flexibility index (Phi) is 6.35. The van der Waals surface area contributed by atoms with Gasteiger partial charge in [-0.25, -0.2) is 14.2 Å². The topological polar surface area (TPSA) is 105 Å². The van der Waals surface area contributed by atoms with Gasteiger partial charge >= 0.3 is 6.18 Å². The number of hydrogen-bond acceptors (Lipinski definition) is 6. The van der Waals surface area contributed by atoms with Gasteiger partial charge in [0.2, 0.25) is 5.95 Å². The van der Waals surface area contributed by atoms with E-state index in [1.165, 1.54) is 35.3 Å². The number of nitrogens with one attached hydrogen (secondary N) is 2. The van der Waals surface area contributed by atoms with Crippen molar-refractivity contribution < 1.29 is 21.9 Å². The quantitative estimate of drug-likeness (QED) is 0.314. The maximum atomic E-state index is 13.5. The molecule has 176 valence electrons. The average Bonchev–Trinajstić information content (AvgIpc) is 3.22. The third-order valence-electron chi connectivity index (χ3n) is 4.78. The lowest BCUT2D eigenvalue weighted by Crippen LogP contribution is -2.08. The van der Waals surface area contributed by atoms with Crippen LogP contribution in [0.1, 0.15) is 16.8 Å². The highest BCUT2D eigenvalue weighted by molar-refractivity contribution is 7.79. The lowest BCUT2D eigenvalue weighted by atomic mass is 10.1. The average molecular weight is 488 g/mol. The summed E-state index contributed by atoms with van der Waals surface area (Å²) < 4.78 is 62.7. The SMILES string of the molecule is Cc1cn(-c2cc(Nc3ncc(C)c(Nc4cccc(S(=O)O)c4)n3)cc(C(F)(F)F)c2)cn1. The summed E-state index contributed by atoms with van der Waals surface area (Å²) in [5, 5.41) is 5.87. The van der Waals surface area contributed by atoms with Gasteiger partial charge in [-0.3, -0.25) is 0 Å².